The van der Waals surface area contributed by atoms with E-state index in [1.807, 2.05) is 6.92 Å². The maximum Gasteiger partial charge on any atom is 0.313 e. The van der Waals surface area contributed by atoms with Crippen molar-refractivity contribution in [2.45, 2.75) is 46.1 Å². The Morgan fingerprint density at radius 2 is 2.22 bits per heavy atom. The van der Waals surface area contributed by atoms with Crippen molar-refractivity contribution in [2.75, 3.05) is 13.2 Å². The zero-order chi connectivity index (χ0) is 13.8. The number of carbonyl (C=O) groups excluding carboxylic acids is 1. The number of carboxylic acid groups (broad SMARTS) is 1. The normalized spacial score (nSPS) is 28.9. The third-order valence-electron chi connectivity index (χ3n) is 3.70. The van der Waals surface area contributed by atoms with Crippen LogP contribution < -0.4 is 5.32 Å². The van der Waals surface area contributed by atoms with Crippen molar-refractivity contribution in [1.29, 1.82) is 0 Å². The Morgan fingerprint density at radius 3 is 2.78 bits per heavy atom. The van der Waals surface area contributed by atoms with E-state index >= 15 is 0 Å². The highest BCUT2D eigenvalue weighted by atomic mass is 16.5. The predicted octanol–water partition coefficient (Wildman–Crippen LogP) is 1.42. The number of carbonyl (C=O) groups is 2. The SMILES string of the molecule is CCCCC(C)C(=O)NC1COCC1(C)C(=O)O. The number of hydrogen-bond donors (Lipinski definition) is 2. The number of nitrogens with one attached hydrogen (secondary N) is 1. The van der Waals surface area contributed by atoms with Gasteiger partial charge in [0, 0.05) is 5.92 Å². The van der Waals surface area contributed by atoms with Crippen LogP contribution in [-0.2, 0) is 14.3 Å². The van der Waals surface area contributed by atoms with Crippen molar-refractivity contribution in [2.24, 2.45) is 11.3 Å². The monoisotopic (exact) mass is 257 g/mol. The quantitative estimate of drug-likeness (QED) is 0.754. The van der Waals surface area contributed by atoms with E-state index in [2.05, 4.69) is 12.2 Å². The summed E-state index contributed by atoms with van der Waals surface area (Å²) in [6, 6.07) is -0.438. The molecule has 5 nitrogen and oxygen atoms in total. The van der Waals surface area contributed by atoms with Gasteiger partial charge in [0.15, 0.2) is 0 Å². The summed E-state index contributed by atoms with van der Waals surface area (Å²) in [6.45, 7) is 5.99. The molecule has 5 heteroatoms. The molecule has 1 aliphatic rings. The van der Waals surface area contributed by atoms with E-state index < -0.39 is 17.4 Å². The molecule has 18 heavy (non-hydrogen) atoms. The largest absolute Gasteiger partial charge is 0.481 e. The second kappa shape index (κ2) is 6.18. The molecule has 1 heterocycles. The summed E-state index contributed by atoms with van der Waals surface area (Å²) >= 11 is 0. The average molecular weight is 257 g/mol. The van der Waals surface area contributed by atoms with Crippen molar-refractivity contribution in [3.63, 3.8) is 0 Å². The molecular weight excluding hydrogens is 234 g/mol. The lowest BCUT2D eigenvalue weighted by atomic mass is 9.85. The summed E-state index contributed by atoms with van der Waals surface area (Å²) in [5, 5.41) is 12.0. The predicted molar refractivity (Wildman–Crippen MR) is 67.2 cm³/mol. The van der Waals surface area contributed by atoms with Crippen molar-refractivity contribution in [3.8, 4) is 0 Å². The number of aliphatic carboxylic acids is 1. The number of rotatable bonds is 6. The molecule has 0 saturated carbocycles. The summed E-state index contributed by atoms with van der Waals surface area (Å²) in [4.78, 5) is 23.2. The second-order valence-corrected chi connectivity index (χ2v) is 5.34. The Labute approximate surface area is 108 Å². The smallest absolute Gasteiger partial charge is 0.313 e. The zero-order valence-electron chi connectivity index (χ0n) is 11.4. The van der Waals surface area contributed by atoms with E-state index in [1.165, 1.54) is 0 Å². The van der Waals surface area contributed by atoms with Gasteiger partial charge in [0.2, 0.25) is 5.91 Å². The summed E-state index contributed by atoms with van der Waals surface area (Å²) in [7, 11) is 0. The fourth-order valence-corrected chi connectivity index (χ4v) is 2.04. The summed E-state index contributed by atoms with van der Waals surface area (Å²) in [5.74, 6) is -1.08. The Bertz CT molecular complexity index is 318. The first-order valence-corrected chi connectivity index (χ1v) is 6.53. The molecule has 1 rings (SSSR count). The van der Waals surface area contributed by atoms with Crippen LogP contribution in [0.4, 0.5) is 0 Å². The van der Waals surface area contributed by atoms with Crippen LogP contribution >= 0.6 is 0 Å². The van der Waals surface area contributed by atoms with E-state index in [1.54, 1.807) is 6.92 Å². The second-order valence-electron chi connectivity index (χ2n) is 5.34. The van der Waals surface area contributed by atoms with Gasteiger partial charge in [0.05, 0.1) is 19.3 Å². The van der Waals surface area contributed by atoms with E-state index in [0.29, 0.717) is 0 Å². The molecule has 0 bridgehead atoms. The number of amides is 1. The van der Waals surface area contributed by atoms with Crippen molar-refractivity contribution in [1.82, 2.24) is 5.32 Å². The lowest BCUT2D eigenvalue weighted by Crippen LogP contribution is -2.50. The minimum Gasteiger partial charge on any atom is -0.481 e. The minimum atomic E-state index is -1.01. The van der Waals surface area contributed by atoms with E-state index in [-0.39, 0.29) is 25.0 Å². The number of ether oxygens (including phenoxy) is 1. The van der Waals surface area contributed by atoms with Gasteiger partial charge in [-0.3, -0.25) is 9.59 Å². The van der Waals surface area contributed by atoms with Crippen LogP contribution in [0.5, 0.6) is 0 Å². The van der Waals surface area contributed by atoms with E-state index in [4.69, 9.17) is 4.74 Å². The number of unbranched alkanes of at least 4 members (excludes halogenated alkanes) is 1. The Hall–Kier alpha value is -1.10. The molecule has 1 amide bonds. The first-order chi connectivity index (χ1) is 8.41. The minimum absolute atomic E-state index is 0.0774. The van der Waals surface area contributed by atoms with Gasteiger partial charge in [-0.25, -0.2) is 0 Å². The van der Waals surface area contributed by atoms with Gasteiger partial charge in [-0.15, -0.1) is 0 Å². The van der Waals surface area contributed by atoms with Crippen molar-refractivity contribution < 1.29 is 19.4 Å². The molecule has 0 aliphatic carbocycles. The highest BCUT2D eigenvalue weighted by Crippen LogP contribution is 2.29. The maximum absolute atomic E-state index is 12.0. The topological polar surface area (TPSA) is 75.6 Å². The van der Waals surface area contributed by atoms with E-state index in [9.17, 15) is 14.7 Å². The molecule has 1 aliphatic heterocycles. The molecule has 0 aromatic heterocycles. The lowest BCUT2D eigenvalue weighted by Gasteiger charge is -2.26. The highest BCUT2D eigenvalue weighted by molar-refractivity contribution is 5.81. The van der Waals surface area contributed by atoms with Crippen LogP contribution in [0.15, 0.2) is 0 Å². The number of hydrogen-bond acceptors (Lipinski definition) is 3. The van der Waals surface area contributed by atoms with Gasteiger partial charge < -0.3 is 15.2 Å². The first kappa shape index (κ1) is 15.0. The third-order valence-corrected chi connectivity index (χ3v) is 3.70. The summed E-state index contributed by atoms with van der Waals surface area (Å²) in [5.41, 5.74) is -1.01. The summed E-state index contributed by atoms with van der Waals surface area (Å²) in [6.07, 6.45) is 2.89. The molecule has 1 fully saturated rings. The third kappa shape index (κ3) is 3.22. The highest BCUT2D eigenvalue weighted by Gasteiger charge is 2.47. The molecule has 2 N–H and O–H groups in total. The van der Waals surface area contributed by atoms with Crippen LogP contribution in [0, 0.1) is 11.3 Å². The van der Waals surface area contributed by atoms with Crippen LogP contribution in [0.1, 0.15) is 40.0 Å². The molecular formula is C13H23NO4. The standard InChI is InChI=1S/C13H23NO4/c1-4-5-6-9(2)11(15)14-10-7-18-8-13(10,3)12(16)17/h9-10H,4-8H2,1-3H3,(H,14,15)(H,16,17). The fourth-order valence-electron chi connectivity index (χ4n) is 2.04. The fraction of sp³-hybridized carbons (Fsp3) is 0.846. The lowest BCUT2D eigenvalue weighted by molar-refractivity contribution is -0.149. The first-order valence-electron chi connectivity index (χ1n) is 6.53. The molecule has 0 aromatic carbocycles. The van der Waals surface area contributed by atoms with Gasteiger partial charge in [0.25, 0.3) is 0 Å². The van der Waals surface area contributed by atoms with Gasteiger partial charge in [-0.2, -0.15) is 0 Å². The number of carboxylic acids is 1. The Kier molecular flexibility index (Phi) is 5.14. The maximum atomic E-state index is 12.0. The van der Waals surface area contributed by atoms with Crippen LogP contribution in [-0.4, -0.2) is 36.2 Å². The molecule has 0 radical (unpaired) electrons. The molecule has 0 spiro atoms. The van der Waals surface area contributed by atoms with Gasteiger partial charge >= 0.3 is 5.97 Å². The van der Waals surface area contributed by atoms with Crippen LogP contribution in [0.2, 0.25) is 0 Å². The molecule has 1 saturated heterocycles. The van der Waals surface area contributed by atoms with Crippen molar-refractivity contribution in [3.05, 3.63) is 0 Å². The van der Waals surface area contributed by atoms with E-state index in [0.717, 1.165) is 19.3 Å². The van der Waals surface area contributed by atoms with Gasteiger partial charge in [0.1, 0.15) is 5.41 Å². The summed E-state index contributed by atoms with van der Waals surface area (Å²) < 4.78 is 5.20. The van der Waals surface area contributed by atoms with Crippen LogP contribution in [0.25, 0.3) is 0 Å². The van der Waals surface area contributed by atoms with Gasteiger partial charge in [-0.1, -0.05) is 26.7 Å². The van der Waals surface area contributed by atoms with Crippen molar-refractivity contribution >= 4 is 11.9 Å². The zero-order valence-corrected chi connectivity index (χ0v) is 11.4. The van der Waals surface area contributed by atoms with Gasteiger partial charge in [-0.05, 0) is 13.3 Å². The molecule has 0 aromatic rings. The molecule has 104 valence electrons. The average Bonchev–Trinajstić information content (AvgIpc) is 2.69. The Morgan fingerprint density at radius 1 is 1.56 bits per heavy atom. The molecule has 3 unspecified atom stereocenters. The van der Waals surface area contributed by atoms with Crippen LogP contribution in [0.3, 0.4) is 0 Å². The Balaban J connectivity index is 2.56. The molecule has 3 atom stereocenters.